The molecule has 0 saturated carbocycles. The highest BCUT2D eigenvalue weighted by molar-refractivity contribution is 6.09. The summed E-state index contributed by atoms with van der Waals surface area (Å²) in [4.78, 5) is 14.2. The average molecular weight is 643 g/mol. The van der Waals surface area contributed by atoms with Gasteiger partial charge in [0.25, 0.3) is 0 Å². The summed E-state index contributed by atoms with van der Waals surface area (Å²) in [6, 6.07) is 46.8. The first kappa shape index (κ1) is 28.2. The summed E-state index contributed by atoms with van der Waals surface area (Å²) in [7, 11) is 0. The van der Waals surface area contributed by atoms with Crippen molar-refractivity contribution in [1.82, 2.24) is 29.4 Å². The van der Waals surface area contributed by atoms with Crippen LogP contribution in [-0.2, 0) is 0 Å². The molecule has 4 aromatic carbocycles. The molecule has 6 heterocycles. The molecule has 0 aliphatic carbocycles. The molecule has 0 saturated heterocycles. The van der Waals surface area contributed by atoms with Gasteiger partial charge in [-0.15, -0.1) is 0 Å². The number of nitrogens with one attached hydrogen (secondary N) is 1. The standard InChI is InChI=1S/C44H30N6/c1-3-14-40-33(8-1)35-28-45-27-25-42(35)49(40)31-21-17-29(18-22-31)36-10-5-12-38(47-36)39-13-6-11-37(48-39)30-19-23-32(24-20-30)50-41-15-4-2-9-34(41)44-43(50)16-7-26-46-44/h1-28,39,48H. The van der Waals surface area contributed by atoms with E-state index in [1.807, 2.05) is 24.7 Å². The number of pyridine rings is 3. The number of allylic oxidation sites excluding steroid dienone is 2. The summed E-state index contributed by atoms with van der Waals surface area (Å²) in [6.07, 6.45) is 12.1. The number of para-hydroxylation sites is 2. The van der Waals surface area contributed by atoms with E-state index in [9.17, 15) is 0 Å². The highest BCUT2D eigenvalue weighted by Gasteiger charge is 2.18. The highest BCUT2D eigenvalue weighted by Crippen LogP contribution is 2.34. The number of hydrogen-bond donors (Lipinski definition) is 1. The molecule has 1 unspecified atom stereocenters. The van der Waals surface area contributed by atoms with Gasteiger partial charge in [0, 0.05) is 57.4 Å². The van der Waals surface area contributed by atoms with E-state index in [0.29, 0.717) is 0 Å². The fourth-order valence-electron chi connectivity index (χ4n) is 7.39. The van der Waals surface area contributed by atoms with Gasteiger partial charge in [-0.05, 0) is 78.4 Å². The first-order valence-corrected chi connectivity index (χ1v) is 16.8. The Morgan fingerprint density at radius 1 is 0.540 bits per heavy atom. The molecule has 0 radical (unpaired) electrons. The molecule has 0 amide bonds. The van der Waals surface area contributed by atoms with Crippen molar-refractivity contribution in [2.75, 3.05) is 0 Å². The van der Waals surface area contributed by atoms with E-state index < -0.39 is 0 Å². The van der Waals surface area contributed by atoms with Crippen LogP contribution in [0.2, 0.25) is 0 Å². The molecular weight excluding hydrogens is 613 g/mol. The molecule has 236 valence electrons. The lowest BCUT2D eigenvalue weighted by atomic mass is 10.0. The summed E-state index contributed by atoms with van der Waals surface area (Å²) < 4.78 is 4.59. The Hall–Kier alpha value is -6.79. The van der Waals surface area contributed by atoms with Crippen molar-refractivity contribution in [3.05, 3.63) is 182 Å². The molecule has 10 rings (SSSR count). The maximum Gasteiger partial charge on any atom is 0.0963 e. The monoisotopic (exact) mass is 642 g/mol. The van der Waals surface area contributed by atoms with Crippen LogP contribution in [0.3, 0.4) is 0 Å². The van der Waals surface area contributed by atoms with Crippen LogP contribution in [-0.4, -0.2) is 24.1 Å². The molecule has 6 heteroatoms. The van der Waals surface area contributed by atoms with E-state index in [1.165, 1.54) is 10.9 Å². The lowest BCUT2D eigenvalue weighted by molar-refractivity contribution is 0.738. The molecule has 6 nitrogen and oxygen atoms in total. The van der Waals surface area contributed by atoms with E-state index in [0.717, 1.165) is 72.4 Å². The fraction of sp³-hybridized carbons (Fsp3) is 0.0227. The quantitative estimate of drug-likeness (QED) is 0.203. The van der Waals surface area contributed by atoms with Gasteiger partial charge in [0.05, 0.1) is 45.0 Å². The molecule has 5 aromatic heterocycles. The van der Waals surface area contributed by atoms with Gasteiger partial charge in [-0.1, -0.05) is 78.9 Å². The minimum atomic E-state index is -0.0523. The maximum atomic E-state index is 5.13. The number of fused-ring (bicyclic) bond motifs is 6. The number of benzene rings is 4. The van der Waals surface area contributed by atoms with Gasteiger partial charge in [0.1, 0.15) is 0 Å². The minimum Gasteiger partial charge on any atom is -0.373 e. The van der Waals surface area contributed by atoms with E-state index in [4.69, 9.17) is 4.98 Å². The largest absolute Gasteiger partial charge is 0.373 e. The van der Waals surface area contributed by atoms with Crippen molar-refractivity contribution in [1.29, 1.82) is 0 Å². The molecule has 1 N–H and O–H groups in total. The second kappa shape index (κ2) is 11.4. The maximum absolute atomic E-state index is 5.13. The van der Waals surface area contributed by atoms with Gasteiger partial charge < -0.3 is 14.5 Å². The van der Waals surface area contributed by atoms with Gasteiger partial charge in [-0.25, -0.2) is 0 Å². The summed E-state index contributed by atoms with van der Waals surface area (Å²) in [6.45, 7) is 0. The summed E-state index contributed by atoms with van der Waals surface area (Å²) >= 11 is 0. The zero-order valence-electron chi connectivity index (χ0n) is 27.0. The lowest BCUT2D eigenvalue weighted by Crippen LogP contribution is -2.21. The van der Waals surface area contributed by atoms with E-state index >= 15 is 0 Å². The van der Waals surface area contributed by atoms with Crippen molar-refractivity contribution >= 4 is 49.4 Å². The zero-order valence-corrected chi connectivity index (χ0v) is 27.0. The Kier molecular flexibility index (Phi) is 6.45. The SMILES string of the molecule is C1=CC(c2cccc(-c3ccc(-n4c5ccccc5c5cnccc54)cc3)n2)NC(c2ccc(-n3c4ccccc4c4ncccc43)cc2)=C1. The van der Waals surface area contributed by atoms with Crippen molar-refractivity contribution < 1.29 is 0 Å². The van der Waals surface area contributed by atoms with Crippen LogP contribution in [0.5, 0.6) is 0 Å². The number of aromatic nitrogens is 5. The van der Waals surface area contributed by atoms with Crippen LogP contribution >= 0.6 is 0 Å². The van der Waals surface area contributed by atoms with E-state index in [2.05, 4.69) is 170 Å². The third kappa shape index (κ3) is 4.54. The molecule has 0 spiro atoms. The Labute approximate surface area is 288 Å². The molecule has 1 atom stereocenters. The number of nitrogens with zero attached hydrogens (tertiary/aromatic N) is 5. The van der Waals surface area contributed by atoms with Crippen LogP contribution in [0.25, 0.3) is 72.1 Å². The predicted octanol–water partition coefficient (Wildman–Crippen LogP) is 9.97. The Bertz CT molecular complexity index is 2680. The summed E-state index contributed by atoms with van der Waals surface area (Å²) in [5.74, 6) is 0. The average Bonchev–Trinajstić information content (AvgIpc) is 3.71. The Morgan fingerprint density at radius 2 is 1.22 bits per heavy atom. The molecule has 1 aliphatic heterocycles. The normalized spacial score (nSPS) is 14.4. The van der Waals surface area contributed by atoms with Crippen molar-refractivity contribution in [2.45, 2.75) is 6.04 Å². The molecule has 50 heavy (non-hydrogen) atoms. The number of hydrogen-bond acceptors (Lipinski definition) is 4. The second-order valence-corrected chi connectivity index (χ2v) is 12.6. The van der Waals surface area contributed by atoms with E-state index in [1.54, 1.807) is 0 Å². The second-order valence-electron chi connectivity index (χ2n) is 12.6. The third-order valence-corrected chi connectivity index (χ3v) is 9.73. The highest BCUT2D eigenvalue weighted by atomic mass is 15.0. The van der Waals surface area contributed by atoms with Gasteiger partial charge in [-0.3, -0.25) is 15.0 Å². The summed E-state index contributed by atoms with van der Waals surface area (Å²) in [5, 5.41) is 7.24. The molecule has 0 fully saturated rings. The first-order chi connectivity index (χ1) is 24.8. The minimum absolute atomic E-state index is 0.0523. The van der Waals surface area contributed by atoms with Crippen LogP contribution in [0.15, 0.2) is 170 Å². The van der Waals surface area contributed by atoms with Crippen LogP contribution in [0.4, 0.5) is 0 Å². The molecule has 9 aromatic rings. The predicted molar refractivity (Wildman–Crippen MR) is 203 cm³/mol. The van der Waals surface area contributed by atoms with Crippen molar-refractivity contribution in [2.24, 2.45) is 0 Å². The molecule has 0 bridgehead atoms. The van der Waals surface area contributed by atoms with Gasteiger partial charge in [-0.2, -0.15) is 0 Å². The summed E-state index contributed by atoms with van der Waals surface area (Å²) in [5.41, 5.74) is 13.0. The molecular formula is C44H30N6. The number of rotatable bonds is 5. The van der Waals surface area contributed by atoms with Crippen molar-refractivity contribution in [3.8, 4) is 22.6 Å². The smallest absolute Gasteiger partial charge is 0.0963 e. The Morgan fingerprint density at radius 3 is 2.04 bits per heavy atom. The zero-order chi connectivity index (χ0) is 33.0. The van der Waals surface area contributed by atoms with Crippen molar-refractivity contribution in [3.63, 3.8) is 0 Å². The molecule has 1 aliphatic rings. The van der Waals surface area contributed by atoms with Crippen LogP contribution < -0.4 is 5.32 Å². The van der Waals surface area contributed by atoms with Gasteiger partial charge in [0.15, 0.2) is 0 Å². The lowest BCUT2D eigenvalue weighted by Gasteiger charge is -2.22. The Balaban J connectivity index is 0.917. The number of dihydropyridines is 1. The topological polar surface area (TPSA) is 60.6 Å². The third-order valence-electron chi connectivity index (χ3n) is 9.73. The first-order valence-electron chi connectivity index (χ1n) is 16.8. The van der Waals surface area contributed by atoms with Gasteiger partial charge >= 0.3 is 0 Å². The fourth-order valence-corrected chi connectivity index (χ4v) is 7.39. The van der Waals surface area contributed by atoms with Crippen LogP contribution in [0, 0.1) is 0 Å². The van der Waals surface area contributed by atoms with E-state index in [-0.39, 0.29) is 6.04 Å². The van der Waals surface area contributed by atoms with Crippen LogP contribution in [0.1, 0.15) is 17.3 Å². The van der Waals surface area contributed by atoms with Gasteiger partial charge in [0.2, 0.25) is 0 Å².